The van der Waals surface area contributed by atoms with E-state index in [1.54, 1.807) is 0 Å². The normalized spacial score (nSPS) is 10.5. The van der Waals surface area contributed by atoms with Crippen LogP contribution in [0.1, 0.15) is 26.7 Å². The Hall–Kier alpha value is -0.0400. The molecule has 0 saturated heterocycles. The Labute approximate surface area is 51.7 Å². The number of rotatable bonds is 4. The molecule has 0 rings (SSSR count). The monoisotopic (exact) mass is 115 g/mol. The van der Waals surface area contributed by atoms with Crippen molar-refractivity contribution in [1.29, 1.82) is 0 Å². The first kappa shape index (κ1) is 7.96. The number of hydrogen-bond acceptors (Lipinski definition) is 1. The molecular weight excluding hydrogens is 100 g/mol. The van der Waals surface area contributed by atoms with Crippen molar-refractivity contribution in [2.45, 2.75) is 26.7 Å². The fourth-order valence-electron chi connectivity index (χ4n) is 0.771. The minimum atomic E-state index is 0.229. The average molecular weight is 115 g/mol. The molecule has 8 heavy (non-hydrogen) atoms. The van der Waals surface area contributed by atoms with Crippen LogP contribution in [-0.4, -0.2) is 11.7 Å². The van der Waals surface area contributed by atoms with Crippen LogP contribution in [-0.2, 0) is 0 Å². The molecule has 0 aromatic carbocycles. The highest BCUT2D eigenvalue weighted by Gasteiger charge is 1.99. The molecule has 0 bridgehead atoms. The predicted molar refractivity (Wildman–Crippen MR) is 35.5 cm³/mol. The van der Waals surface area contributed by atoms with Gasteiger partial charge in [0.1, 0.15) is 0 Å². The van der Waals surface area contributed by atoms with E-state index < -0.39 is 0 Å². The van der Waals surface area contributed by atoms with Crippen molar-refractivity contribution in [3.8, 4) is 0 Å². The topological polar surface area (TPSA) is 20.2 Å². The van der Waals surface area contributed by atoms with E-state index in [2.05, 4.69) is 13.8 Å². The molecule has 0 aliphatic heterocycles. The van der Waals surface area contributed by atoms with E-state index in [9.17, 15) is 0 Å². The molecule has 0 atom stereocenters. The summed E-state index contributed by atoms with van der Waals surface area (Å²) in [6, 6.07) is 0. The van der Waals surface area contributed by atoms with Crippen LogP contribution in [0, 0.1) is 12.3 Å². The van der Waals surface area contributed by atoms with Gasteiger partial charge >= 0.3 is 0 Å². The third-order valence-electron chi connectivity index (χ3n) is 1.49. The van der Waals surface area contributed by atoms with Gasteiger partial charge in [-0.2, -0.15) is 0 Å². The van der Waals surface area contributed by atoms with E-state index in [1.165, 1.54) is 0 Å². The van der Waals surface area contributed by atoms with Crippen LogP contribution >= 0.6 is 0 Å². The lowest BCUT2D eigenvalue weighted by molar-refractivity contribution is 0.305. The predicted octanol–water partition coefficient (Wildman–Crippen LogP) is 1.62. The Kier molecular flexibility index (Phi) is 5.08. The van der Waals surface area contributed by atoms with Crippen LogP contribution in [0.25, 0.3) is 0 Å². The Bertz CT molecular complexity index is 39.7. The summed E-state index contributed by atoms with van der Waals surface area (Å²) in [4.78, 5) is 0. The summed E-state index contributed by atoms with van der Waals surface area (Å²) < 4.78 is 0. The van der Waals surface area contributed by atoms with Crippen molar-refractivity contribution in [2.24, 2.45) is 5.92 Å². The first-order valence-corrected chi connectivity index (χ1v) is 3.29. The third kappa shape index (κ3) is 3.03. The summed E-state index contributed by atoms with van der Waals surface area (Å²) in [6.45, 7) is 4.51. The second-order valence-electron chi connectivity index (χ2n) is 1.99. The van der Waals surface area contributed by atoms with E-state index in [0.29, 0.717) is 5.92 Å². The molecule has 0 amide bonds. The van der Waals surface area contributed by atoms with Crippen molar-refractivity contribution in [3.05, 3.63) is 6.42 Å². The van der Waals surface area contributed by atoms with Crippen LogP contribution in [0.2, 0.25) is 0 Å². The fourth-order valence-corrected chi connectivity index (χ4v) is 0.771. The lowest BCUT2D eigenvalue weighted by atomic mass is 10.0. The molecule has 49 valence electrons. The summed E-state index contributed by atoms with van der Waals surface area (Å²) in [7, 11) is 0. The Balaban J connectivity index is 3.07. The van der Waals surface area contributed by atoms with E-state index in [0.717, 1.165) is 12.8 Å². The van der Waals surface area contributed by atoms with Crippen LogP contribution in [0.15, 0.2) is 0 Å². The maximum atomic E-state index is 8.44. The van der Waals surface area contributed by atoms with Gasteiger partial charge in [-0.15, -0.1) is 0 Å². The summed E-state index contributed by atoms with van der Waals surface area (Å²) in [5.41, 5.74) is 0. The van der Waals surface area contributed by atoms with Gasteiger partial charge in [-0.25, -0.2) is 0 Å². The molecule has 1 heteroatoms. The van der Waals surface area contributed by atoms with Crippen molar-refractivity contribution < 1.29 is 5.11 Å². The second kappa shape index (κ2) is 5.10. The van der Waals surface area contributed by atoms with Gasteiger partial charge in [0.2, 0.25) is 0 Å². The molecule has 0 aromatic heterocycles. The largest absolute Gasteiger partial charge is 0.396 e. The van der Waals surface area contributed by atoms with Gasteiger partial charge in [0, 0.05) is 6.61 Å². The zero-order valence-corrected chi connectivity index (χ0v) is 5.72. The summed E-state index contributed by atoms with van der Waals surface area (Å²) in [6.07, 6.45) is 4.26. The molecule has 0 aliphatic rings. The molecular formula is C7H15O. The summed E-state index contributed by atoms with van der Waals surface area (Å²) >= 11 is 0. The Morgan fingerprint density at radius 3 is 2.00 bits per heavy atom. The van der Waals surface area contributed by atoms with Crippen LogP contribution in [0.3, 0.4) is 0 Å². The molecule has 0 aliphatic carbocycles. The second-order valence-corrected chi connectivity index (χ2v) is 1.99. The van der Waals surface area contributed by atoms with Gasteiger partial charge in [0.25, 0.3) is 0 Å². The van der Waals surface area contributed by atoms with E-state index in [1.807, 2.05) is 6.42 Å². The van der Waals surface area contributed by atoms with Gasteiger partial charge in [-0.3, -0.25) is 0 Å². The summed E-state index contributed by atoms with van der Waals surface area (Å²) in [5.74, 6) is 0.625. The van der Waals surface area contributed by atoms with Crippen LogP contribution in [0.5, 0.6) is 0 Å². The Morgan fingerprint density at radius 2 is 1.88 bits per heavy atom. The molecule has 0 unspecified atom stereocenters. The zero-order valence-electron chi connectivity index (χ0n) is 5.72. The highest BCUT2D eigenvalue weighted by molar-refractivity contribution is 4.71. The maximum absolute atomic E-state index is 8.44. The highest BCUT2D eigenvalue weighted by Crippen LogP contribution is 2.09. The number of hydrogen-bond donors (Lipinski definition) is 1. The van der Waals surface area contributed by atoms with Gasteiger partial charge in [-0.1, -0.05) is 26.7 Å². The van der Waals surface area contributed by atoms with Crippen molar-refractivity contribution >= 4 is 0 Å². The molecule has 1 N–H and O–H groups in total. The van der Waals surface area contributed by atoms with Crippen molar-refractivity contribution in [3.63, 3.8) is 0 Å². The van der Waals surface area contributed by atoms with Gasteiger partial charge in [0.15, 0.2) is 0 Å². The minimum Gasteiger partial charge on any atom is -0.396 e. The van der Waals surface area contributed by atoms with Crippen LogP contribution in [0.4, 0.5) is 0 Å². The average Bonchev–Trinajstić information content (AvgIpc) is 1.83. The van der Waals surface area contributed by atoms with E-state index >= 15 is 0 Å². The van der Waals surface area contributed by atoms with Gasteiger partial charge in [-0.05, 0) is 12.3 Å². The van der Waals surface area contributed by atoms with Crippen molar-refractivity contribution in [1.82, 2.24) is 0 Å². The molecule has 0 heterocycles. The lowest BCUT2D eigenvalue weighted by Crippen LogP contribution is -2.00. The first-order valence-electron chi connectivity index (χ1n) is 3.29. The SMILES string of the molecule is CCC([CH]CO)CC. The number of aliphatic hydroxyl groups excluding tert-OH is 1. The molecule has 1 radical (unpaired) electrons. The molecule has 0 saturated carbocycles. The Morgan fingerprint density at radius 1 is 1.38 bits per heavy atom. The number of aliphatic hydroxyl groups is 1. The van der Waals surface area contributed by atoms with Crippen molar-refractivity contribution in [2.75, 3.05) is 6.61 Å². The van der Waals surface area contributed by atoms with Crippen LogP contribution < -0.4 is 0 Å². The molecule has 0 aromatic rings. The van der Waals surface area contributed by atoms with Gasteiger partial charge < -0.3 is 5.11 Å². The van der Waals surface area contributed by atoms with E-state index in [4.69, 9.17) is 5.11 Å². The smallest absolute Gasteiger partial charge is 0.0465 e. The third-order valence-corrected chi connectivity index (χ3v) is 1.49. The maximum Gasteiger partial charge on any atom is 0.0465 e. The molecule has 0 fully saturated rings. The van der Waals surface area contributed by atoms with E-state index in [-0.39, 0.29) is 6.61 Å². The summed E-state index contributed by atoms with van der Waals surface area (Å²) in [5, 5.41) is 8.44. The zero-order chi connectivity index (χ0) is 6.41. The lowest BCUT2D eigenvalue weighted by Gasteiger charge is -2.07. The molecule has 0 spiro atoms. The standard InChI is InChI=1S/C7H15O/c1-3-7(4-2)5-6-8/h5,7-8H,3-4,6H2,1-2H3. The minimum absolute atomic E-state index is 0.229. The quantitative estimate of drug-likeness (QED) is 0.590. The van der Waals surface area contributed by atoms with Gasteiger partial charge in [0.05, 0.1) is 0 Å². The fraction of sp³-hybridized carbons (Fsp3) is 0.857. The first-order chi connectivity index (χ1) is 3.85. The highest BCUT2D eigenvalue weighted by atomic mass is 16.3. The molecule has 1 nitrogen and oxygen atoms in total.